The third-order valence-corrected chi connectivity index (χ3v) is 10.7. The van der Waals surface area contributed by atoms with Crippen LogP contribution in [0.1, 0.15) is 43.2 Å². The minimum absolute atomic E-state index is 0.0135. The molecule has 2 aliphatic heterocycles. The van der Waals surface area contributed by atoms with Gasteiger partial charge in [0, 0.05) is 30.2 Å². The first-order valence-electron chi connectivity index (χ1n) is 13.7. The summed E-state index contributed by atoms with van der Waals surface area (Å²) in [6.07, 6.45) is 4.61. The van der Waals surface area contributed by atoms with Crippen molar-refractivity contribution < 1.29 is 24.5 Å². The lowest BCUT2D eigenvalue weighted by Crippen LogP contribution is -2.78. The Morgan fingerprint density at radius 3 is 2.64 bits per heavy atom. The van der Waals surface area contributed by atoms with E-state index in [-0.39, 0.29) is 46.1 Å². The lowest BCUT2D eigenvalue weighted by atomic mass is 9.48. The van der Waals surface area contributed by atoms with E-state index in [2.05, 4.69) is 4.90 Å². The van der Waals surface area contributed by atoms with Gasteiger partial charge in [0.25, 0.3) is 5.91 Å². The Morgan fingerprint density at radius 1 is 1.18 bits per heavy atom. The van der Waals surface area contributed by atoms with Gasteiger partial charge in [-0.1, -0.05) is 40.9 Å². The van der Waals surface area contributed by atoms with Crippen LogP contribution in [-0.4, -0.2) is 76.5 Å². The van der Waals surface area contributed by atoms with Crippen LogP contribution in [-0.2, 0) is 16.6 Å². The third kappa shape index (κ3) is 3.73. The number of amides is 1. The number of likely N-dealkylation sites (N-methyl/N-ethyl adjacent to an activating group) is 1. The number of hydrogen-bond donors (Lipinski definition) is 2. The van der Waals surface area contributed by atoms with E-state index in [0.717, 1.165) is 36.6 Å². The normalized spacial score (nSPS) is 32.4. The molecule has 208 valence electrons. The SMILES string of the molecule is CN(C(=O)COc1c(Cl)cc(Cl)cc1Cl)[C@H]1CC[C@@]2(O)[C@H]3Cc4ccc(O)c5c4[C@@]2(CCN3CC2CC2)[C@H]1O5. The number of phenolic OH excluding ortho intramolecular Hbond substituents is 1. The van der Waals surface area contributed by atoms with Gasteiger partial charge in [0.15, 0.2) is 23.9 Å². The van der Waals surface area contributed by atoms with Crippen molar-refractivity contribution in [2.45, 2.75) is 67.7 Å². The topological polar surface area (TPSA) is 82.5 Å². The molecule has 2 heterocycles. The van der Waals surface area contributed by atoms with E-state index in [9.17, 15) is 15.0 Å². The Hall–Kier alpha value is -1.90. The zero-order chi connectivity index (χ0) is 27.3. The highest BCUT2D eigenvalue weighted by Crippen LogP contribution is 2.66. The molecular weight excluding hydrogens is 563 g/mol. The minimum Gasteiger partial charge on any atom is -0.504 e. The highest BCUT2D eigenvalue weighted by molar-refractivity contribution is 6.40. The van der Waals surface area contributed by atoms with Crippen molar-refractivity contribution in [3.05, 3.63) is 50.5 Å². The first kappa shape index (κ1) is 26.0. The molecule has 1 amide bonds. The standard InChI is InChI=1S/C29H31Cl3N2O5/c1-33(23(36)14-38-25-18(31)11-17(30)12-19(25)32)20-6-7-29(37)22-10-16-4-5-21(35)26-24(16)28(29,27(20)39-26)8-9-34(22)13-15-2-3-15/h4-5,11-12,15,20,22,27,35,37H,2-3,6-10,13-14H2,1H3/t20-,22+,27-,28-,29+/m0/s1. The van der Waals surface area contributed by atoms with Gasteiger partial charge in [-0.25, -0.2) is 0 Å². The molecule has 7 rings (SSSR count). The average molecular weight is 594 g/mol. The van der Waals surface area contributed by atoms with Crippen LogP contribution >= 0.6 is 34.8 Å². The molecule has 0 unspecified atom stereocenters. The summed E-state index contributed by atoms with van der Waals surface area (Å²) in [4.78, 5) is 17.6. The Bertz CT molecular complexity index is 1350. The Balaban J connectivity index is 1.20. The van der Waals surface area contributed by atoms with Crippen molar-refractivity contribution in [1.82, 2.24) is 9.80 Å². The molecule has 10 heteroatoms. The number of piperidine rings is 1. The van der Waals surface area contributed by atoms with E-state index < -0.39 is 17.1 Å². The van der Waals surface area contributed by atoms with Gasteiger partial charge >= 0.3 is 0 Å². The molecule has 0 radical (unpaired) electrons. The largest absolute Gasteiger partial charge is 0.504 e. The minimum atomic E-state index is -1.00. The van der Waals surface area contributed by atoms with E-state index in [0.29, 0.717) is 30.0 Å². The fourth-order valence-electron chi connectivity index (χ4n) is 7.94. The number of halogens is 3. The molecule has 2 aromatic rings. The van der Waals surface area contributed by atoms with Gasteiger partial charge in [-0.15, -0.1) is 0 Å². The van der Waals surface area contributed by atoms with Crippen LogP contribution in [0.3, 0.4) is 0 Å². The number of hydrogen-bond acceptors (Lipinski definition) is 6. The monoisotopic (exact) mass is 592 g/mol. The number of likely N-dealkylation sites (tertiary alicyclic amines) is 1. The van der Waals surface area contributed by atoms with Crippen LogP contribution < -0.4 is 9.47 Å². The van der Waals surface area contributed by atoms with Gasteiger partial charge in [-0.3, -0.25) is 9.69 Å². The van der Waals surface area contributed by atoms with Crippen molar-refractivity contribution in [1.29, 1.82) is 0 Å². The number of nitrogens with zero attached hydrogens (tertiary/aromatic N) is 2. The van der Waals surface area contributed by atoms with Crippen LogP contribution in [0.15, 0.2) is 24.3 Å². The summed E-state index contributed by atoms with van der Waals surface area (Å²) in [5.74, 6) is 1.22. The van der Waals surface area contributed by atoms with Gasteiger partial charge in [0.2, 0.25) is 0 Å². The molecule has 3 aliphatic carbocycles. The van der Waals surface area contributed by atoms with Crippen molar-refractivity contribution in [3.8, 4) is 17.2 Å². The summed E-state index contributed by atoms with van der Waals surface area (Å²) in [5.41, 5.74) is 0.378. The second-order valence-electron chi connectivity index (χ2n) is 11.9. The lowest BCUT2D eigenvalue weighted by molar-refractivity contribution is -0.200. The van der Waals surface area contributed by atoms with E-state index in [4.69, 9.17) is 44.3 Å². The fraction of sp³-hybridized carbons (Fsp3) is 0.552. The molecule has 2 aromatic carbocycles. The second kappa shape index (κ2) is 9.05. The smallest absolute Gasteiger partial charge is 0.260 e. The van der Waals surface area contributed by atoms with Crippen LogP contribution in [0.25, 0.3) is 0 Å². The molecular formula is C29H31Cl3N2O5. The first-order chi connectivity index (χ1) is 18.6. The van der Waals surface area contributed by atoms with Gasteiger partial charge in [0.1, 0.15) is 6.10 Å². The van der Waals surface area contributed by atoms with Crippen LogP contribution in [0.2, 0.25) is 15.1 Å². The van der Waals surface area contributed by atoms with Crippen molar-refractivity contribution in [2.75, 3.05) is 26.7 Å². The van der Waals surface area contributed by atoms with Gasteiger partial charge < -0.3 is 24.6 Å². The third-order valence-electron chi connectivity index (χ3n) is 9.93. The maximum atomic E-state index is 13.4. The molecule has 1 spiro atoms. The quantitative estimate of drug-likeness (QED) is 0.500. The molecule has 5 atom stereocenters. The number of aromatic hydroxyl groups is 1. The fourth-order valence-corrected chi connectivity index (χ4v) is 8.87. The molecule has 0 aromatic heterocycles. The van der Waals surface area contributed by atoms with Gasteiger partial charge in [-0.2, -0.15) is 0 Å². The van der Waals surface area contributed by atoms with E-state index >= 15 is 0 Å². The van der Waals surface area contributed by atoms with Crippen LogP contribution in [0.5, 0.6) is 17.2 Å². The summed E-state index contributed by atoms with van der Waals surface area (Å²) in [6, 6.07) is 6.39. The molecule has 7 nitrogen and oxygen atoms in total. The zero-order valence-electron chi connectivity index (χ0n) is 21.6. The molecule has 1 saturated heterocycles. The van der Waals surface area contributed by atoms with Gasteiger partial charge in [-0.05, 0) is 74.8 Å². The Kier molecular flexibility index (Phi) is 6.04. The summed E-state index contributed by atoms with van der Waals surface area (Å²) >= 11 is 18.5. The number of ether oxygens (including phenoxy) is 2. The highest BCUT2D eigenvalue weighted by atomic mass is 35.5. The predicted octanol–water partition coefficient (Wildman–Crippen LogP) is 4.82. The summed E-state index contributed by atoms with van der Waals surface area (Å²) in [7, 11) is 1.75. The maximum absolute atomic E-state index is 13.4. The van der Waals surface area contributed by atoms with E-state index in [1.165, 1.54) is 25.0 Å². The van der Waals surface area contributed by atoms with E-state index in [1.54, 1.807) is 18.0 Å². The predicted molar refractivity (Wildman–Crippen MR) is 148 cm³/mol. The summed E-state index contributed by atoms with van der Waals surface area (Å²) < 4.78 is 12.3. The number of aliphatic hydroxyl groups is 1. The molecule has 5 aliphatic rings. The van der Waals surface area contributed by atoms with E-state index in [1.807, 2.05) is 6.07 Å². The number of carbonyl (C=O) groups excluding carboxylic acids is 1. The summed E-state index contributed by atoms with van der Waals surface area (Å²) in [5, 5.41) is 24.3. The highest BCUT2D eigenvalue weighted by Gasteiger charge is 2.73. The number of phenols is 1. The zero-order valence-corrected chi connectivity index (χ0v) is 23.9. The second-order valence-corrected chi connectivity index (χ2v) is 13.1. The number of carbonyl (C=O) groups is 1. The molecule has 3 fully saturated rings. The lowest BCUT2D eigenvalue weighted by Gasteiger charge is -2.64. The average Bonchev–Trinajstić information content (AvgIpc) is 3.63. The van der Waals surface area contributed by atoms with Crippen molar-refractivity contribution in [2.24, 2.45) is 5.92 Å². The molecule has 2 N–H and O–H groups in total. The van der Waals surface area contributed by atoms with Crippen molar-refractivity contribution in [3.63, 3.8) is 0 Å². The van der Waals surface area contributed by atoms with Crippen molar-refractivity contribution >= 4 is 40.7 Å². The molecule has 2 bridgehead atoms. The number of benzene rings is 2. The van der Waals surface area contributed by atoms with Gasteiger partial charge in [0.05, 0.1) is 27.1 Å². The van der Waals surface area contributed by atoms with Crippen LogP contribution in [0.4, 0.5) is 0 Å². The number of rotatable bonds is 6. The molecule has 2 saturated carbocycles. The molecule has 39 heavy (non-hydrogen) atoms. The maximum Gasteiger partial charge on any atom is 0.260 e. The summed E-state index contributed by atoms with van der Waals surface area (Å²) in [6.45, 7) is 1.61. The van der Waals surface area contributed by atoms with Crippen LogP contribution in [0, 0.1) is 5.92 Å². The Labute approximate surface area is 242 Å². The first-order valence-corrected chi connectivity index (χ1v) is 14.8. The Morgan fingerprint density at radius 2 is 1.92 bits per heavy atom.